The topological polar surface area (TPSA) is 60.1 Å². The minimum atomic E-state index is -0.365. The summed E-state index contributed by atoms with van der Waals surface area (Å²) in [5.41, 5.74) is 0. The van der Waals surface area contributed by atoms with Crippen LogP contribution in [0.5, 0.6) is 0 Å². The SMILES string of the molecule is O=C(Nc1ccnn1Cc1cc(Br)cs1)c1ccc(Cl)o1. The molecule has 0 aliphatic heterocycles. The maximum absolute atomic E-state index is 12.0. The molecule has 3 aromatic rings. The zero-order valence-electron chi connectivity index (χ0n) is 10.5. The Hall–Kier alpha value is -1.57. The predicted molar refractivity (Wildman–Crippen MR) is 85.0 cm³/mol. The van der Waals surface area contributed by atoms with Crippen LogP contribution >= 0.6 is 38.9 Å². The van der Waals surface area contributed by atoms with E-state index in [2.05, 4.69) is 26.3 Å². The molecular formula is C13H9BrClN3O2S. The van der Waals surface area contributed by atoms with Gasteiger partial charge in [-0.25, -0.2) is 4.68 Å². The summed E-state index contributed by atoms with van der Waals surface area (Å²) < 4.78 is 7.82. The molecule has 108 valence electrons. The fourth-order valence-corrected chi connectivity index (χ4v) is 3.34. The lowest BCUT2D eigenvalue weighted by atomic mass is 10.4. The zero-order valence-corrected chi connectivity index (χ0v) is 13.7. The first-order valence-electron chi connectivity index (χ1n) is 5.93. The van der Waals surface area contributed by atoms with Crippen molar-refractivity contribution in [2.24, 2.45) is 0 Å². The number of carbonyl (C=O) groups excluding carboxylic acids is 1. The third-order valence-corrected chi connectivity index (χ3v) is 4.57. The second kappa shape index (κ2) is 6.05. The van der Waals surface area contributed by atoms with Gasteiger partial charge in [0, 0.05) is 20.8 Å². The number of nitrogens with zero attached hydrogens (tertiary/aromatic N) is 2. The van der Waals surface area contributed by atoms with Gasteiger partial charge in [-0.1, -0.05) is 0 Å². The minimum absolute atomic E-state index is 0.159. The first kappa shape index (κ1) is 14.4. The van der Waals surface area contributed by atoms with Gasteiger partial charge in [0.2, 0.25) is 0 Å². The van der Waals surface area contributed by atoms with Gasteiger partial charge >= 0.3 is 0 Å². The first-order valence-corrected chi connectivity index (χ1v) is 7.98. The third-order valence-electron chi connectivity index (χ3n) is 2.68. The number of thiophene rings is 1. The fraction of sp³-hybridized carbons (Fsp3) is 0.0769. The van der Waals surface area contributed by atoms with E-state index in [1.807, 2.05) is 11.4 Å². The molecule has 21 heavy (non-hydrogen) atoms. The molecular weight excluding hydrogens is 378 g/mol. The van der Waals surface area contributed by atoms with E-state index in [0.29, 0.717) is 12.4 Å². The largest absolute Gasteiger partial charge is 0.440 e. The summed E-state index contributed by atoms with van der Waals surface area (Å²) in [4.78, 5) is 13.2. The van der Waals surface area contributed by atoms with Crippen LogP contribution in [0, 0.1) is 0 Å². The summed E-state index contributed by atoms with van der Waals surface area (Å²) in [6.45, 7) is 0.581. The van der Waals surface area contributed by atoms with Gasteiger partial charge in [0.05, 0.1) is 12.7 Å². The monoisotopic (exact) mass is 385 g/mol. The molecule has 0 aliphatic carbocycles. The molecule has 0 aliphatic rings. The number of aromatic nitrogens is 2. The summed E-state index contributed by atoms with van der Waals surface area (Å²) in [6.07, 6.45) is 1.63. The highest BCUT2D eigenvalue weighted by atomic mass is 79.9. The Morgan fingerprint density at radius 3 is 3.00 bits per heavy atom. The minimum Gasteiger partial charge on any atom is -0.440 e. The highest BCUT2D eigenvalue weighted by Gasteiger charge is 2.13. The molecule has 8 heteroatoms. The third kappa shape index (κ3) is 3.37. The Bertz CT molecular complexity index is 780. The Labute approximate surface area is 137 Å². The van der Waals surface area contributed by atoms with E-state index in [9.17, 15) is 4.79 Å². The maximum atomic E-state index is 12.0. The van der Waals surface area contributed by atoms with Gasteiger partial charge in [-0.05, 0) is 45.7 Å². The predicted octanol–water partition coefficient (Wildman–Crippen LogP) is 4.25. The van der Waals surface area contributed by atoms with Crippen LogP contribution in [0.4, 0.5) is 5.82 Å². The molecule has 0 atom stereocenters. The second-order valence-corrected chi connectivity index (χ2v) is 6.45. The van der Waals surface area contributed by atoms with E-state index >= 15 is 0 Å². The molecule has 0 fully saturated rings. The van der Waals surface area contributed by atoms with Crippen molar-refractivity contribution in [3.8, 4) is 0 Å². The summed E-state index contributed by atoms with van der Waals surface area (Å²) in [5, 5.41) is 9.14. The van der Waals surface area contributed by atoms with Crippen LogP contribution < -0.4 is 5.32 Å². The number of anilines is 1. The molecule has 3 aromatic heterocycles. The molecule has 3 rings (SSSR count). The van der Waals surface area contributed by atoms with Gasteiger partial charge in [0.1, 0.15) is 5.82 Å². The van der Waals surface area contributed by atoms with E-state index in [-0.39, 0.29) is 16.9 Å². The van der Waals surface area contributed by atoms with Gasteiger partial charge in [-0.15, -0.1) is 11.3 Å². The van der Waals surface area contributed by atoms with Gasteiger partial charge in [-0.3, -0.25) is 4.79 Å². The standard InChI is InChI=1S/C13H9BrClN3O2S/c14-8-5-9(21-7-8)6-18-12(3-4-16-18)17-13(19)10-1-2-11(15)20-10/h1-5,7H,6H2,(H,17,19). The highest BCUT2D eigenvalue weighted by molar-refractivity contribution is 9.10. The van der Waals surface area contributed by atoms with Crippen molar-refractivity contribution < 1.29 is 9.21 Å². The van der Waals surface area contributed by atoms with Crippen LogP contribution in [-0.4, -0.2) is 15.7 Å². The summed E-state index contributed by atoms with van der Waals surface area (Å²) in [6, 6.07) is 6.79. The fourth-order valence-electron chi connectivity index (χ4n) is 1.76. The van der Waals surface area contributed by atoms with E-state index in [4.69, 9.17) is 16.0 Å². The number of hydrogen-bond donors (Lipinski definition) is 1. The van der Waals surface area contributed by atoms with Crippen LogP contribution in [0.1, 0.15) is 15.4 Å². The lowest BCUT2D eigenvalue weighted by molar-refractivity contribution is 0.0996. The van der Waals surface area contributed by atoms with Crippen molar-refractivity contribution in [2.75, 3.05) is 5.32 Å². The molecule has 0 bridgehead atoms. The van der Waals surface area contributed by atoms with Crippen molar-refractivity contribution in [1.29, 1.82) is 0 Å². The number of carbonyl (C=O) groups is 1. The lowest BCUT2D eigenvalue weighted by Crippen LogP contribution is -2.15. The van der Waals surface area contributed by atoms with Crippen LogP contribution in [0.3, 0.4) is 0 Å². The summed E-state index contributed by atoms with van der Waals surface area (Å²) >= 11 is 10.7. The molecule has 0 aromatic carbocycles. The quantitative estimate of drug-likeness (QED) is 0.729. The Balaban J connectivity index is 1.74. The van der Waals surface area contributed by atoms with Crippen LogP contribution in [0.25, 0.3) is 0 Å². The highest BCUT2D eigenvalue weighted by Crippen LogP contribution is 2.22. The van der Waals surface area contributed by atoms with E-state index in [1.54, 1.807) is 28.3 Å². The number of hydrogen-bond acceptors (Lipinski definition) is 4. The lowest BCUT2D eigenvalue weighted by Gasteiger charge is -2.06. The zero-order chi connectivity index (χ0) is 14.8. The molecule has 1 N–H and O–H groups in total. The normalized spacial score (nSPS) is 10.8. The number of furan rings is 1. The van der Waals surface area contributed by atoms with Gasteiger partial charge < -0.3 is 9.73 Å². The van der Waals surface area contributed by atoms with Gasteiger partial charge in [-0.2, -0.15) is 5.10 Å². The Morgan fingerprint density at radius 1 is 1.48 bits per heavy atom. The molecule has 3 heterocycles. The van der Waals surface area contributed by atoms with Crippen molar-refractivity contribution in [1.82, 2.24) is 9.78 Å². The van der Waals surface area contributed by atoms with Crippen molar-refractivity contribution in [3.63, 3.8) is 0 Å². The van der Waals surface area contributed by atoms with Crippen molar-refractivity contribution in [3.05, 3.63) is 56.2 Å². The Kier molecular flexibility index (Phi) is 4.14. The molecule has 0 spiro atoms. The van der Waals surface area contributed by atoms with Crippen LogP contribution in [-0.2, 0) is 6.54 Å². The summed E-state index contributed by atoms with van der Waals surface area (Å²) in [7, 11) is 0. The van der Waals surface area contributed by atoms with E-state index in [1.165, 1.54) is 12.1 Å². The van der Waals surface area contributed by atoms with Gasteiger partial charge in [0.25, 0.3) is 5.91 Å². The Morgan fingerprint density at radius 2 is 2.33 bits per heavy atom. The molecule has 0 radical (unpaired) electrons. The number of amides is 1. The van der Waals surface area contributed by atoms with Crippen molar-refractivity contribution in [2.45, 2.75) is 6.54 Å². The first-order chi connectivity index (χ1) is 10.1. The van der Waals surface area contributed by atoms with E-state index < -0.39 is 0 Å². The smallest absolute Gasteiger partial charge is 0.292 e. The molecule has 1 amide bonds. The maximum Gasteiger partial charge on any atom is 0.292 e. The van der Waals surface area contributed by atoms with Gasteiger partial charge in [0.15, 0.2) is 11.0 Å². The number of nitrogens with one attached hydrogen (secondary N) is 1. The number of halogens is 2. The molecule has 5 nitrogen and oxygen atoms in total. The van der Waals surface area contributed by atoms with Crippen LogP contribution in [0.2, 0.25) is 5.22 Å². The molecule has 0 saturated carbocycles. The average Bonchev–Trinajstić information content (AvgIpc) is 3.14. The molecule has 0 unspecified atom stereocenters. The molecule has 0 saturated heterocycles. The second-order valence-electron chi connectivity index (χ2n) is 4.16. The average molecular weight is 387 g/mol. The number of rotatable bonds is 4. The van der Waals surface area contributed by atoms with E-state index in [0.717, 1.165) is 9.35 Å². The summed E-state index contributed by atoms with van der Waals surface area (Å²) in [5.74, 6) is 0.389. The van der Waals surface area contributed by atoms with Crippen molar-refractivity contribution >= 4 is 50.6 Å². The van der Waals surface area contributed by atoms with Crippen LogP contribution in [0.15, 0.2) is 44.7 Å².